The van der Waals surface area contributed by atoms with E-state index >= 15 is 0 Å². The highest BCUT2D eigenvalue weighted by Gasteiger charge is 2.33. The van der Waals surface area contributed by atoms with E-state index < -0.39 is 29.0 Å². The van der Waals surface area contributed by atoms with Gasteiger partial charge in [0, 0.05) is 10.2 Å². The number of amides is 1. The van der Waals surface area contributed by atoms with Gasteiger partial charge in [0.2, 0.25) is 0 Å². The molecule has 2 nitrogen and oxygen atoms in total. The third-order valence-electron chi connectivity index (χ3n) is 2.72. The van der Waals surface area contributed by atoms with Gasteiger partial charge in [-0.15, -0.1) is 0 Å². The number of carbonyl (C=O) groups excluding carboxylic acids is 1. The minimum atomic E-state index is -4.59. The largest absolute Gasteiger partial charge is 0.417 e. The Morgan fingerprint density at radius 2 is 1.86 bits per heavy atom. The van der Waals surface area contributed by atoms with E-state index in [9.17, 15) is 22.4 Å². The molecule has 116 valence electrons. The zero-order valence-electron chi connectivity index (χ0n) is 10.6. The summed E-state index contributed by atoms with van der Waals surface area (Å²) in [4.78, 5) is 12.0. The molecule has 0 heterocycles. The number of rotatable bonds is 2. The standard InChI is InChI=1S/C14H7BrClF4NO/c15-9-5-4-7(6-8(9)14(18,19)20)21-13(22)12-10(16)2-1-3-11(12)17/h1-6H,(H,21,22). The third-order valence-corrected chi connectivity index (χ3v) is 3.73. The lowest BCUT2D eigenvalue weighted by Gasteiger charge is -2.12. The first-order valence-corrected chi connectivity index (χ1v) is 6.99. The van der Waals surface area contributed by atoms with Crippen LogP contribution in [0, 0.1) is 5.82 Å². The monoisotopic (exact) mass is 395 g/mol. The van der Waals surface area contributed by atoms with Crippen LogP contribution >= 0.6 is 27.5 Å². The van der Waals surface area contributed by atoms with Crippen LogP contribution in [0.2, 0.25) is 5.02 Å². The highest BCUT2D eigenvalue weighted by atomic mass is 79.9. The van der Waals surface area contributed by atoms with Crippen molar-refractivity contribution in [3.63, 3.8) is 0 Å². The minimum Gasteiger partial charge on any atom is -0.322 e. The Bertz CT molecular complexity index is 713. The molecule has 0 aliphatic rings. The maximum atomic E-state index is 13.6. The highest BCUT2D eigenvalue weighted by Crippen LogP contribution is 2.36. The van der Waals surface area contributed by atoms with Crippen molar-refractivity contribution in [2.45, 2.75) is 6.18 Å². The number of carbonyl (C=O) groups is 1. The van der Waals surface area contributed by atoms with Crippen molar-refractivity contribution in [3.05, 3.63) is 62.8 Å². The van der Waals surface area contributed by atoms with Crippen molar-refractivity contribution in [3.8, 4) is 0 Å². The van der Waals surface area contributed by atoms with Gasteiger partial charge in [-0.3, -0.25) is 4.79 Å². The Morgan fingerprint density at radius 1 is 1.18 bits per heavy atom. The number of nitrogens with one attached hydrogen (secondary N) is 1. The van der Waals surface area contributed by atoms with E-state index in [1.807, 2.05) is 0 Å². The van der Waals surface area contributed by atoms with Crippen LogP contribution in [0.15, 0.2) is 40.9 Å². The van der Waals surface area contributed by atoms with E-state index in [4.69, 9.17) is 11.6 Å². The van der Waals surface area contributed by atoms with E-state index in [0.29, 0.717) is 0 Å². The summed E-state index contributed by atoms with van der Waals surface area (Å²) in [5, 5.41) is 2.06. The molecule has 2 rings (SSSR count). The molecule has 0 aliphatic heterocycles. The molecule has 0 aromatic heterocycles. The predicted octanol–water partition coefficient (Wildman–Crippen LogP) is 5.51. The number of alkyl halides is 3. The van der Waals surface area contributed by atoms with Gasteiger partial charge in [0.15, 0.2) is 0 Å². The number of hydrogen-bond donors (Lipinski definition) is 1. The lowest BCUT2D eigenvalue weighted by molar-refractivity contribution is -0.138. The van der Waals surface area contributed by atoms with Gasteiger partial charge in [0.1, 0.15) is 5.82 Å². The first kappa shape index (κ1) is 16.8. The van der Waals surface area contributed by atoms with E-state index in [1.165, 1.54) is 18.2 Å². The molecule has 0 fully saturated rings. The highest BCUT2D eigenvalue weighted by molar-refractivity contribution is 9.10. The van der Waals surface area contributed by atoms with E-state index in [0.717, 1.165) is 18.2 Å². The van der Waals surface area contributed by atoms with Gasteiger partial charge in [0.25, 0.3) is 5.91 Å². The zero-order valence-corrected chi connectivity index (χ0v) is 13.0. The first-order chi connectivity index (χ1) is 10.2. The molecule has 0 saturated carbocycles. The zero-order chi connectivity index (χ0) is 16.5. The molecule has 2 aromatic rings. The average Bonchev–Trinajstić information content (AvgIpc) is 2.39. The fourth-order valence-corrected chi connectivity index (χ4v) is 2.45. The smallest absolute Gasteiger partial charge is 0.322 e. The van der Waals surface area contributed by atoms with Crippen LogP contribution in [0.3, 0.4) is 0 Å². The molecule has 8 heteroatoms. The quantitative estimate of drug-likeness (QED) is 0.666. The van der Waals surface area contributed by atoms with E-state index in [2.05, 4.69) is 21.2 Å². The Kier molecular flexibility index (Phi) is 4.77. The van der Waals surface area contributed by atoms with Crippen molar-refractivity contribution in [2.75, 3.05) is 5.32 Å². The summed E-state index contributed by atoms with van der Waals surface area (Å²) < 4.78 is 51.8. The van der Waals surface area contributed by atoms with Gasteiger partial charge >= 0.3 is 6.18 Å². The molecule has 0 aliphatic carbocycles. The van der Waals surface area contributed by atoms with Gasteiger partial charge < -0.3 is 5.32 Å². The Labute approximate surface area is 136 Å². The second kappa shape index (κ2) is 6.26. The second-order valence-corrected chi connectivity index (χ2v) is 5.50. The molecule has 22 heavy (non-hydrogen) atoms. The summed E-state index contributed by atoms with van der Waals surface area (Å²) in [6.45, 7) is 0. The Balaban J connectivity index is 2.34. The van der Waals surface area contributed by atoms with Crippen molar-refractivity contribution in [2.24, 2.45) is 0 Å². The van der Waals surface area contributed by atoms with Crippen LogP contribution in [0.1, 0.15) is 15.9 Å². The van der Waals surface area contributed by atoms with Crippen LogP contribution in [0.5, 0.6) is 0 Å². The van der Waals surface area contributed by atoms with Crippen LogP contribution in [-0.4, -0.2) is 5.91 Å². The number of hydrogen-bond acceptors (Lipinski definition) is 1. The maximum Gasteiger partial charge on any atom is 0.417 e. The topological polar surface area (TPSA) is 29.1 Å². The van der Waals surface area contributed by atoms with Crippen LogP contribution in [0.4, 0.5) is 23.2 Å². The van der Waals surface area contributed by atoms with E-state index in [1.54, 1.807) is 0 Å². The van der Waals surface area contributed by atoms with Crippen molar-refractivity contribution in [1.82, 2.24) is 0 Å². The maximum absolute atomic E-state index is 13.6. The number of anilines is 1. The van der Waals surface area contributed by atoms with Gasteiger partial charge in [0.05, 0.1) is 16.1 Å². The summed E-state index contributed by atoms with van der Waals surface area (Å²) in [5.74, 6) is -1.79. The molecule has 0 radical (unpaired) electrons. The molecule has 0 saturated heterocycles. The summed E-state index contributed by atoms with van der Waals surface area (Å²) in [6.07, 6.45) is -4.59. The van der Waals surface area contributed by atoms with Crippen LogP contribution in [0.25, 0.3) is 0 Å². The molecule has 0 bridgehead atoms. The molecular formula is C14H7BrClF4NO. The minimum absolute atomic E-state index is 0.125. The third kappa shape index (κ3) is 3.59. The van der Waals surface area contributed by atoms with Crippen molar-refractivity contribution >= 4 is 39.1 Å². The molecule has 1 N–H and O–H groups in total. The molecule has 1 amide bonds. The Morgan fingerprint density at radius 3 is 2.45 bits per heavy atom. The van der Waals surface area contributed by atoms with Crippen LogP contribution < -0.4 is 5.32 Å². The summed E-state index contributed by atoms with van der Waals surface area (Å²) >= 11 is 8.52. The van der Waals surface area contributed by atoms with E-state index in [-0.39, 0.29) is 15.2 Å². The molecule has 0 unspecified atom stereocenters. The molecule has 0 spiro atoms. The van der Waals surface area contributed by atoms with Crippen LogP contribution in [-0.2, 0) is 6.18 Å². The lowest BCUT2D eigenvalue weighted by Crippen LogP contribution is -2.15. The number of halogens is 6. The fourth-order valence-electron chi connectivity index (χ4n) is 1.73. The van der Waals surface area contributed by atoms with Gasteiger partial charge in [-0.1, -0.05) is 33.6 Å². The SMILES string of the molecule is O=C(Nc1ccc(Br)c(C(F)(F)F)c1)c1c(F)cccc1Cl. The summed E-state index contributed by atoms with van der Waals surface area (Å²) in [5.41, 5.74) is -1.51. The van der Waals surface area contributed by atoms with Gasteiger partial charge in [-0.25, -0.2) is 4.39 Å². The molecular weight excluding hydrogens is 390 g/mol. The summed E-state index contributed by atoms with van der Waals surface area (Å²) in [7, 11) is 0. The van der Waals surface area contributed by atoms with Crippen molar-refractivity contribution < 1.29 is 22.4 Å². The molecule has 0 atom stereocenters. The second-order valence-electron chi connectivity index (χ2n) is 4.24. The molecule has 2 aromatic carbocycles. The Hall–Kier alpha value is -1.60. The summed E-state index contributed by atoms with van der Waals surface area (Å²) in [6, 6.07) is 6.80. The first-order valence-electron chi connectivity index (χ1n) is 5.82. The normalized spacial score (nSPS) is 11.4. The lowest BCUT2D eigenvalue weighted by atomic mass is 10.1. The van der Waals surface area contributed by atoms with Gasteiger partial charge in [-0.05, 0) is 30.3 Å². The average molecular weight is 397 g/mol. The predicted molar refractivity (Wildman–Crippen MR) is 78.5 cm³/mol. The van der Waals surface area contributed by atoms with Gasteiger partial charge in [-0.2, -0.15) is 13.2 Å². The van der Waals surface area contributed by atoms with Crippen molar-refractivity contribution in [1.29, 1.82) is 0 Å². The number of benzene rings is 2. The fraction of sp³-hybridized carbons (Fsp3) is 0.0714.